The maximum atomic E-state index is 12.9. The molecule has 0 N–H and O–H groups in total. The molecule has 0 rings (SSSR count). The van der Waals surface area contributed by atoms with Gasteiger partial charge in [-0.1, -0.05) is 307 Å². The summed E-state index contributed by atoms with van der Waals surface area (Å²) in [6.45, 7) is 4.60. The van der Waals surface area contributed by atoms with Crippen molar-refractivity contribution in [1.82, 2.24) is 0 Å². The van der Waals surface area contributed by atoms with E-state index in [-0.39, 0.29) is 38.6 Å². The third-order valence-electron chi connectivity index (χ3n) is 14.9. The van der Waals surface area contributed by atoms with E-state index < -0.39 is 24.3 Å². The molecule has 0 aliphatic rings. The number of ether oxygens (including phenoxy) is 4. The highest BCUT2D eigenvalue weighted by Gasteiger charge is 2.22. The smallest absolute Gasteiger partial charge is 0.306 e. The van der Waals surface area contributed by atoms with Crippen LogP contribution in [-0.4, -0.2) is 82.3 Å². The standard InChI is InChI=1S/C79H131NO8/c1-6-8-10-12-14-16-18-20-22-24-26-28-30-32-33-34-35-36-37-38-39-40-41-42-43-44-45-46-48-50-52-54-56-58-60-62-64-66-68-70-77(82)88-75(74-87-79(78(83)84)85-72-71-80(3,4)5)73-86-76(81)69-67-65-63-61-59-57-55-53-51-49-47-31-29-27-25-23-21-19-17-15-13-11-9-7-2/h8,10,14,16,20,22,26,28,32-33,35-36,38-39,41-42,44-45,48,50,54,56,60,62,75,79H,6-7,9,11-13,15,17-19,21,23-25,27,29-31,34,37,40,43,46-47,49,51-53,55,57-59,61,63-74H2,1-5H3/b10-8-,16-14-,22-20-,28-26-,33-32-,36-35-,39-38-,42-41-,45-44-,50-48-,56-54-,62-60-. The number of quaternary nitrogens is 1. The monoisotopic (exact) mass is 1220 g/mol. The minimum atomic E-state index is -1.64. The van der Waals surface area contributed by atoms with E-state index in [2.05, 4.69) is 160 Å². The topological polar surface area (TPSA) is 111 Å². The summed E-state index contributed by atoms with van der Waals surface area (Å²) in [5, 5.41) is 11.8. The Labute approximate surface area is 541 Å². The summed E-state index contributed by atoms with van der Waals surface area (Å²) in [6.07, 6.45) is 96.5. The molecule has 0 fully saturated rings. The van der Waals surface area contributed by atoms with E-state index in [1.54, 1.807) is 0 Å². The summed E-state index contributed by atoms with van der Waals surface area (Å²) in [7, 11) is 5.91. The van der Waals surface area contributed by atoms with Crippen LogP contribution in [0.2, 0.25) is 0 Å². The minimum absolute atomic E-state index is 0.133. The zero-order chi connectivity index (χ0) is 64.0. The van der Waals surface area contributed by atoms with Crippen LogP contribution in [0.3, 0.4) is 0 Å². The molecular formula is C79H131NO8. The molecule has 0 radical (unpaired) electrons. The van der Waals surface area contributed by atoms with Gasteiger partial charge in [0, 0.05) is 12.8 Å². The molecule has 0 saturated carbocycles. The van der Waals surface area contributed by atoms with Crippen LogP contribution in [0.15, 0.2) is 146 Å². The minimum Gasteiger partial charge on any atom is -0.545 e. The summed E-state index contributed by atoms with van der Waals surface area (Å²) in [4.78, 5) is 37.5. The van der Waals surface area contributed by atoms with Crippen LogP contribution in [0, 0.1) is 0 Å². The number of likely N-dealkylation sites (N-methyl/N-ethyl adjacent to an activating group) is 1. The molecule has 0 aromatic heterocycles. The first-order chi connectivity index (χ1) is 43.1. The van der Waals surface area contributed by atoms with Gasteiger partial charge in [-0.3, -0.25) is 9.59 Å². The van der Waals surface area contributed by atoms with Crippen molar-refractivity contribution in [3.8, 4) is 0 Å². The summed E-state index contributed by atoms with van der Waals surface area (Å²) in [5.74, 6) is -2.35. The van der Waals surface area contributed by atoms with E-state index in [1.165, 1.54) is 135 Å². The third-order valence-corrected chi connectivity index (χ3v) is 14.9. The van der Waals surface area contributed by atoms with Crippen LogP contribution in [0.25, 0.3) is 0 Å². The number of esters is 2. The first-order valence-electron chi connectivity index (χ1n) is 35.5. The van der Waals surface area contributed by atoms with E-state index >= 15 is 0 Å². The molecule has 0 amide bonds. The first-order valence-corrected chi connectivity index (χ1v) is 35.5. The third kappa shape index (κ3) is 68.7. The predicted molar refractivity (Wildman–Crippen MR) is 375 cm³/mol. The van der Waals surface area contributed by atoms with Gasteiger partial charge >= 0.3 is 11.9 Å². The number of allylic oxidation sites excluding steroid dienone is 24. The van der Waals surface area contributed by atoms with Gasteiger partial charge in [0.1, 0.15) is 13.2 Å². The molecule has 2 unspecified atom stereocenters. The Hall–Kier alpha value is -4.83. The molecule has 0 aliphatic heterocycles. The van der Waals surface area contributed by atoms with Crippen LogP contribution in [0.4, 0.5) is 0 Å². The Kier molecular flexibility index (Phi) is 64.4. The fraction of sp³-hybridized carbons (Fsp3) is 0.658. The lowest BCUT2D eigenvalue weighted by Crippen LogP contribution is -2.44. The Balaban J connectivity index is 4.25. The summed E-state index contributed by atoms with van der Waals surface area (Å²) in [5.41, 5.74) is 0. The highest BCUT2D eigenvalue weighted by molar-refractivity contribution is 5.70. The average Bonchev–Trinajstić information content (AvgIpc) is 3.52. The van der Waals surface area contributed by atoms with Crippen molar-refractivity contribution in [3.63, 3.8) is 0 Å². The molecule has 0 heterocycles. The van der Waals surface area contributed by atoms with Gasteiger partial charge < -0.3 is 33.3 Å². The second-order valence-electron chi connectivity index (χ2n) is 24.4. The number of carbonyl (C=O) groups is 3. The maximum Gasteiger partial charge on any atom is 0.306 e. The zero-order valence-electron chi connectivity index (χ0n) is 57.0. The molecule has 0 bridgehead atoms. The number of rotatable bonds is 64. The normalized spacial score (nSPS) is 13.6. The molecule has 2 atom stereocenters. The highest BCUT2D eigenvalue weighted by Crippen LogP contribution is 2.17. The lowest BCUT2D eigenvalue weighted by atomic mass is 10.0. The molecule has 0 saturated heterocycles. The van der Waals surface area contributed by atoms with Gasteiger partial charge in [0.25, 0.3) is 0 Å². The van der Waals surface area contributed by atoms with Crippen molar-refractivity contribution in [1.29, 1.82) is 0 Å². The summed E-state index contributed by atoms with van der Waals surface area (Å²) < 4.78 is 22.7. The van der Waals surface area contributed by atoms with Gasteiger partial charge in [-0.15, -0.1) is 0 Å². The average molecular weight is 1220 g/mol. The van der Waals surface area contributed by atoms with E-state index in [4.69, 9.17) is 18.9 Å². The summed E-state index contributed by atoms with van der Waals surface area (Å²) in [6, 6.07) is 0. The Morgan fingerprint density at radius 1 is 0.352 bits per heavy atom. The number of unbranched alkanes of at least 4 members (excludes halogenated alkanes) is 25. The van der Waals surface area contributed by atoms with Crippen LogP contribution < -0.4 is 5.11 Å². The largest absolute Gasteiger partial charge is 0.545 e. The van der Waals surface area contributed by atoms with Crippen molar-refractivity contribution >= 4 is 17.9 Å². The van der Waals surface area contributed by atoms with Gasteiger partial charge in [0.05, 0.1) is 40.3 Å². The molecule has 0 aliphatic carbocycles. The number of nitrogens with zero attached hydrogens (tertiary/aromatic N) is 1. The van der Waals surface area contributed by atoms with Gasteiger partial charge in [-0.2, -0.15) is 0 Å². The zero-order valence-corrected chi connectivity index (χ0v) is 57.0. The van der Waals surface area contributed by atoms with Gasteiger partial charge in [-0.05, 0) is 103 Å². The summed E-state index contributed by atoms with van der Waals surface area (Å²) >= 11 is 0. The lowest BCUT2D eigenvalue weighted by Gasteiger charge is -2.26. The van der Waals surface area contributed by atoms with Gasteiger partial charge in [0.15, 0.2) is 12.4 Å². The van der Waals surface area contributed by atoms with Crippen LogP contribution in [0.5, 0.6) is 0 Å². The van der Waals surface area contributed by atoms with E-state index in [0.717, 1.165) is 109 Å². The van der Waals surface area contributed by atoms with Gasteiger partial charge in [0.2, 0.25) is 0 Å². The Morgan fingerprint density at radius 2 is 0.648 bits per heavy atom. The second kappa shape index (κ2) is 68.1. The lowest BCUT2D eigenvalue weighted by molar-refractivity contribution is -0.870. The van der Waals surface area contributed by atoms with Gasteiger partial charge in [-0.25, -0.2) is 0 Å². The Bertz CT molecular complexity index is 1960. The quantitative estimate of drug-likeness (QED) is 0.0195. The maximum absolute atomic E-state index is 12.9. The van der Waals surface area contributed by atoms with Crippen molar-refractivity contribution in [3.05, 3.63) is 146 Å². The first kappa shape index (κ1) is 83.2. The molecule has 0 aromatic carbocycles. The van der Waals surface area contributed by atoms with Crippen LogP contribution in [-0.2, 0) is 33.3 Å². The molecular weight excluding hydrogens is 1090 g/mol. The van der Waals surface area contributed by atoms with Crippen LogP contribution in [0.1, 0.15) is 277 Å². The molecule has 9 heteroatoms. The molecule has 9 nitrogen and oxygen atoms in total. The fourth-order valence-corrected chi connectivity index (χ4v) is 9.46. The van der Waals surface area contributed by atoms with E-state index in [1.807, 2.05) is 21.1 Å². The second-order valence-corrected chi connectivity index (χ2v) is 24.4. The van der Waals surface area contributed by atoms with E-state index in [9.17, 15) is 19.5 Å². The van der Waals surface area contributed by atoms with Crippen molar-refractivity contribution in [2.75, 3.05) is 47.5 Å². The van der Waals surface area contributed by atoms with Crippen molar-refractivity contribution in [2.24, 2.45) is 0 Å². The van der Waals surface area contributed by atoms with Crippen LogP contribution >= 0.6 is 0 Å². The Morgan fingerprint density at radius 3 is 0.966 bits per heavy atom. The van der Waals surface area contributed by atoms with E-state index in [0.29, 0.717) is 17.4 Å². The number of carboxylic acid groups (broad SMARTS) is 1. The number of hydrogen-bond acceptors (Lipinski definition) is 8. The number of aliphatic carboxylic acids is 1. The highest BCUT2D eigenvalue weighted by atomic mass is 16.7. The van der Waals surface area contributed by atoms with Crippen molar-refractivity contribution in [2.45, 2.75) is 289 Å². The predicted octanol–water partition coefficient (Wildman–Crippen LogP) is 21.0. The fourth-order valence-electron chi connectivity index (χ4n) is 9.46. The number of carbonyl (C=O) groups excluding carboxylic acids is 3. The number of hydrogen-bond donors (Lipinski definition) is 0. The SMILES string of the molecule is CC/C=C\C/C=C\C/C=C\C/C=C\C/C=C\C/C=C\C/C=C\C/C=C\C/C=C\C/C=C\C/C=C\C/C=C\CCCCC(=O)OC(COC(=O)CCCCCCCCCCCCCCCCCCCCCCCCCC)COC(OCC[N+](C)(C)C)C(=O)[O-]. The van der Waals surface area contributed by atoms with Crippen molar-refractivity contribution < 1.29 is 42.9 Å². The number of carboxylic acids is 1. The molecule has 500 valence electrons. The molecule has 88 heavy (non-hydrogen) atoms. The molecule has 0 spiro atoms. The molecule has 0 aromatic rings.